The highest BCUT2D eigenvalue weighted by atomic mass is 16.6. The van der Waals surface area contributed by atoms with Gasteiger partial charge < -0.3 is 19.5 Å². The van der Waals surface area contributed by atoms with E-state index in [0.717, 1.165) is 10.6 Å². The van der Waals surface area contributed by atoms with Gasteiger partial charge in [0.15, 0.2) is 5.70 Å². The molecule has 10 nitrogen and oxygen atoms in total. The number of nitrogens with zero attached hydrogens (tertiary/aromatic N) is 2. The first kappa shape index (κ1) is 24.0. The molecule has 0 spiro atoms. The van der Waals surface area contributed by atoms with Crippen LogP contribution in [0.4, 0.5) is 4.79 Å². The number of fused-ring (bicyclic) bond motifs is 1. The Morgan fingerprint density at radius 2 is 1.85 bits per heavy atom. The molecule has 33 heavy (non-hydrogen) atoms. The highest BCUT2D eigenvalue weighted by molar-refractivity contribution is 6.05. The number of hydrazine groups is 1. The largest absolute Gasteiger partial charge is 0.457 e. The topological polar surface area (TPSA) is 114 Å². The minimum Gasteiger partial charge on any atom is -0.457 e. The summed E-state index contributed by atoms with van der Waals surface area (Å²) < 4.78 is 15.7. The van der Waals surface area contributed by atoms with E-state index < -0.39 is 35.6 Å². The summed E-state index contributed by atoms with van der Waals surface area (Å²) in [6.07, 6.45) is 0.613. The maximum absolute atomic E-state index is 13.0. The molecule has 1 N–H and O–H groups in total. The number of amides is 2. The van der Waals surface area contributed by atoms with Crippen molar-refractivity contribution in [2.24, 2.45) is 0 Å². The highest BCUT2D eigenvalue weighted by Crippen LogP contribution is 2.31. The van der Waals surface area contributed by atoms with Gasteiger partial charge in [-0.1, -0.05) is 43.0 Å². The third-order valence-corrected chi connectivity index (χ3v) is 4.70. The average molecular weight is 457 g/mol. The lowest BCUT2D eigenvalue weighted by Crippen LogP contribution is -2.45. The molecule has 0 radical (unpaired) electrons. The molecule has 10 heteroatoms. The lowest BCUT2D eigenvalue weighted by Gasteiger charge is -2.21. The normalized spacial score (nSPS) is 18.1. The Balaban J connectivity index is 1.78. The zero-order valence-corrected chi connectivity index (χ0v) is 18.8. The molecular formula is C23H27N3O7. The van der Waals surface area contributed by atoms with Gasteiger partial charge in [0.25, 0.3) is 5.91 Å². The molecule has 2 heterocycles. The van der Waals surface area contributed by atoms with E-state index in [2.05, 4.69) is 11.9 Å². The number of benzene rings is 1. The first-order valence-electron chi connectivity index (χ1n) is 10.4. The van der Waals surface area contributed by atoms with Gasteiger partial charge in [-0.3, -0.25) is 4.79 Å². The lowest BCUT2D eigenvalue weighted by molar-refractivity contribution is -0.146. The molecule has 0 bridgehead atoms. The molecule has 1 aromatic carbocycles. The molecule has 2 aliphatic rings. The predicted molar refractivity (Wildman–Crippen MR) is 116 cm³/mol. The summed E-state index contributed by atoms with van der Waals surface area (Å²) in [6.45, 7) is 8.51. The smallest absolute Gasteiger partial charge is 0.408 e. The second-order valence-electron chi connectivity index (χ2n) is 8.47. The Labute approximate surface area is 191 Å². The van der Waals surface area contributed by atoms with Crippen LogP contribution in [0.25, 0.3) is 0 Å². The van der Waals surface area contributed by atoms with Gasteiger partial charge in [0.05, 0.1) is 12.1 Å². The molecule has 1 fully saturated rings. The first-order chi connectivity index (χ1) is 15.6. The van der Waals surface area contributed by atoms with E-state index in [4.69, 9.17) is 14.2 Å². The van der Waals surface area contributed by atoms with Crippen LogP contribution in [0.2, 0.25) is 0 Å². The Morgan fingerprint density at radius 1 is 1.15 bits per heavy atom. The van der Waals surface area contributed by atoms with Gasteiger partial charge in [0.2, 0.25) is 0 Å². The Morgan fingerprint density at radius 3 is 2.48 bits per heavy atom. The van der Waals surface area contributed by atoms with Crippen LogP contribution in [0.15, 0.2) is 54.3 Å². The number of ether oxygens (including phenoxy) is 3. The van der Waals surface area contributed by atoms with Gasteiger partial charge in [-0.2, -0.15) is 0 Å². The Hall–Kier alpha value is -3.66. The zero-order chi connectivity index (χ0) is 24.2. The summed E-state index contributed by atoms with van der Waals surface area (Å²) in [4.78, 5) is 50.7. The van der Waals surface area contributed by atoms with Crippen LogP contribution < -0.4 is 5.32 Å². The van der Waals surface area contributed by atoms with Crippen molar-refractivity contribution >= 4 is 23.9 Å². The number of rotatable bonds is 7. The molecule has 0 saturated carbocycles. The summed E-state index contributed by atoms with van der Waals surface area (Å²) in [5.41, 5.74) is -0.187. The van der Waals surface area contributed by atoms with Gasteiger partial charge in [0.1, 0.15) is 24.9 Å². The number of hydrogen-bond acceptors (Lipinski definition) is 8. The van der Waals surface area contributed by atoms with Crippen molar-refractivity contribution in [2.75, 3.05) is 19.7 Å². The van der Waals surface area contributed by atoms with E-state index in [1.807, 2.05) is 18.2 Å². The second kappa shape index (κ2) is 9.86. The molecule has 0 aromatic heterocycles. The standard InChI is InChI=1S/C23H27N3O7/c1-5-11-31-21(29)18-16(20(28)32-14-15-9-7-6-8-10-15)12-25-13-17(19(27)26(18)25)24-22(30)33-23(2,3)4/h5-10,17H,1,11-14H2,2-4H3,(H,24,30). The zero-order valence-electron chi connectivity index (χ0n) is 18.8. The SMILES string of the molecule is C=CCOC(=O)C1=C(C(=O)OCc2ccccc2)CN2CC(NC(=O)OC(C)(C)C)C(=O)N12. The summed E-state index contributed by atoms with van der Waals surface area (Å²) in [6, 6.07) is 8.11. The van der Waals surface area contributed by atoms with Crippen molar-refractivity contribution in [3.63, 3.8) is 0 Å². The summed E-state index contributed by atoms with van der Waals surface area (Å²) >= 11 is 0. The van der Waals surface area contributed by atoms with Gasteiger partial charge in [-0.15, -0.1) is 0 Å². The number of carbonyl (C=O) groups excluding carboxylic acids is 4. The van der Waals surface area contributed by atoms with Crippen molar-refractivity contribution < 1.29 is 33.4 Å². The maximum atomic E-state index is 13.0. The van der Waals surface area contributed by atoms with Crippen molar-refractivity contribution in [3.8, 4) is 0 Å². The molecule has 1 unspecified atom stereocenters. The third kappa shape index (κ3) is 5.78. The summed E-state index contributed by atoms with van der Waals surface area (Å²) in [7, 11) is 0. The van der Waals surface area contributed by atoms with E-state index in [-0.39, 0.29) is 37.6 Å². The maximum Gasteiger partial charge on any atom is 0.408 e. The number of nitrogens with one attached hydrogen (secondary N) is 1. The van der Waals surface area contributed by atoms with Gasteiger partial charge in [-0.05, 0) is 26.3 Å². The summed E-state index contributed by atoms with van der Waals surface area (Å²) in [5.74, 6) is -2.18. The molecular weight excluding hydrogens is 430 g/mol. The van der Waals surface area contributed by atoms with Crippen molar-refractivity contribution in [3.05, 3.63) is 59.8 Å². The number of esters is 2. The van der Waals surface area contributed by atoms with E-state index in [1.165, 1.54) is 11.1 Å². The van der Waals surface area contributed by atoms with Crippen LogP contribution in [0, 0.1) is 0 Å². The van der Waals surface area contributed by atoms with Gasteiger partial charge >= 0.3 is 18.0 Å². The fraction of sp³-hybridized carbons (Fsp3) is 0.391. The molecule has 0 aliphatic carbocycles. The van der Waals surface area contributed by atoms with Crippen LogP contribution >= 0.6 is 0 Å². The molecule has 2 aliphatic heterocycles. The van der Waals surface area contributed by atoms with E-state index in [0.29, 0.717) is 0 Å². The van der Waals surface area contributed by atoms with Crippen molar-refractivity contribution in [1.82, 2.24) is 15.3 Å². The van der Waals surface area contributed by atoms with Gasteiger partial charge in [-0.25, -0.2) is 24.4 Å². The molecule has 1 saturated heterocycles. The predicted octanol–water partition coefficient (Wildman–Crippen LogP) is 1.68. The van der Waals surface area contributed by atoms with E-state index >= 15 is 0 Å². The fourth-order valence-corrected chi connectivity index (χ4v) is 3.37. The Bertz CT molecular complexity index is 982. The average Bonchev–Trinajstić information content (AvgIpc) is 3.26. The number of hydrogen-bond donors (Lipinski definition) is 1. The lowest BCUT2D eigenvalue weighted by atomic mass is 10.1. The monoisotopic (exact) mass is 457 g/mol. The summed E-state index contributed by atoms with van der Waals surface area (Å²) in [5, 5.41) is 5.05. The Kier molecular flexibility index (Phi) is 7.17. The highest BCUT2D eigenvalue weighted by Gasteiger charge is 2.50. The van der Waals surface area contributed by atoms with Crippen molar-refractivity contribution in [2.45, 2.75) is 39.0 Å². The minimum atomic E-state index is -0.955. The molecule has 2 amide bonds. The van der Waals surface area contributed by atoms with E-state index in [9.17, 15) is 19.2 Å². The number of carbonyl (C=O) groups is 4. The quantitative estimate of drug-likeness (QED) is 0.374. The molecule has 1 atom stereocenters. The first-order valence-corrected chi connectivity index (χ1v) is 10.4. The minimum absolute atomic E-state index is 0.00376. The molecule has 176 valence electrons. The van der Waals surface area contributed by atoms with Gasteiger partial charge in [0, 0.05) is 6.54 Å². The third-order valence-electron chi connectivity index (χ3n) is 4.70. The van der Waals surface area contributed by atoms with Crippen LogP contribution in [0.3, 0.4) is 0 Å². The van der Waals surface area contributed by atoms with Crippen LogP contribution in [0.5, 0.6) is 0 Å². The van der Waals surface area contributed by atoms with Crippen LogP contribution in [-0.4, -0.2) is 65.3 Å². The van der Waals surface area contributed by atoms with Crippen molar-refractivity contribution in [1.29, 1.82) is 0 Å². The molecule has 1 aromatic rings. The van der Waals surface area contributed by atoms with Crippen LogP contribution in [0.1, 0.15) is 26.3 Å². The second-order valence-corrected chi connectivity index (χ2v) is 8.47. The molecule has 3 rings (SSSR count). The van der Waals surface area contributed by atoms with E-state index in [1.54, 1.807) is 32.9 Å². The number of alkyl carbamates (subject to hydrolysis) is 1. The fourth-order valence-electron chi connectivity index (χ4n) is 3.37. The van der Waals surface area contributed by atoms with Crippen LogP contribution in [-0.2, 0) is 35.2 Å².